The van der Waals surface area contributed by atoms with E-state index in [1.54, 1.807) is 6.92 Å². The standard InChI is InChI=1S/C11H7F2NO/c1-6-7(5-15)2-9-10(13)3-8(12)4-11(9)14-6/h2-5H,1H3. The number of carbonyl (C=O) groups is 1. The summed E-state index contributed by atoms with van der Waals surface area (Å²) in [7, 11) is 0. The van der Waals surface area contributed by atoms with E-state index < -0.39 is 11.6 Å². The SMILES string of the molecule is Cc1nc2cc(F)cc(F)c2cc1C=O. The second-order valence-electron chi connectivity index (χ2n) is 3.24. The Bertz CT molecular complexity index is 552. The average Bonchev–Trinajstić information content (AvgIpc) is 2.16. The lowest BCUT2D eigenvalue weighted by Gasteiger charge is -2.03. The van der Waals surface area contributed by atoms with E-state index in [1.165, 1.54) is 6.07 Å². The molecule has 0 atom stereocenters. The molecule has 15 heavy (non-hydrogen) atoms. The summed E-state index contributed by atoms with van der Waals surface area (Å²) < 4.78 is 26.2. The topological polar surface area (TPSA) is 30.0 Å². The van der Waals surface area contributed by atoms with Gasteiger partial charge in [0, 0.05) is 28.8 Å². The van der Waals surface area contributed by atoms with Gasteiger partial charge in [0.2, 0.25) is 0 Å². The van der Waals surface area contributed by atoms with Crippen LogP contribution in [0.1, 0.15) is 16.1 Å². The van der Waals surface area contributed by atoms with Crippen LogP contribution in [0.4, 0.5) is 8.78 Å². The average molecular weight is 207 g/mol. The largest absolute Gasteiger partial charge is 0.298 e. The summed E-state index contributed by atoms with van der Waals surface area (Å²) in [5.41, 5.74) is 0.992. The highest BCUT2D eigenvalue weighted by Crippen LogP contribution is 2.20. The Morgan fingerprint density at radius 3 is 2.67 bits per heavy atom. The van der Waals surface area contributed by atoms with Crippen molar-refractivity contribution in [2.75, 3.05) is 0 Å². The van der Waals surface area contributed by atoms with Crippen molar-refractivity contribution < 1.29 is 13.6 Å². The van der Waals surface area contributed by atoms with E-state index in [1.807, 2.05) is 0 Å². The van der Waals surface area contributed by atoms with Gasteiger partial charge in [0.15, 0.2) is 6.29 Å². The van der Waals surface area contributed by atoms with Crippen LogP contribution in [0, 0.1) is 18.6 Å². The first kappa shape index (κ1) is 9.71. The van der Waals surface area contributed by atoms with Gasteiger partial charge in [0.1, 0.15) is 11.6 Å². The number of pyridine rings is 1. The third-order valence-electron chi connectivity index (χ3n) is 2.21. The van der Waals surface area contributed by atoms with Crippen molar-refractivity contribution in [3.05, 3.63) is 41.1 Å². The third-order valence-corrected chi connectivity index (χ3v) is 2.21. The highest BCUT2D eigenvalue weighted by atomic mass is 19.1. The van der Waals surface area contributed by atoms with Gasteiger partial charge in [-0.3, -0.25) is 9.78 Å². The highest BCUT2D eigenvalue weighted by Gasteiger charge is 2.08. The summed E-state index contributed by atoms with van der Waals surface area (Å²) >= 11 is 0. The summed E-state index contributed by atoms with van der Waals surface area (Å²) in [5, 5.41) is 0.157. The third kappa shape index (κ3) is 1.58. The monoisotopic (exact) mass is 207 g/mol. The van der Waals surface area contributed by atoms with Crippen molar-refractivity contribution in [1.82, 2.24) is 4.98 Å². The highest BCUT2D eigenvalue weighted by molar-refractivity contribution is 5.87. The number of benzene rings is 1. The van der Waals surface area contributed by atoms with E-state index >= 15 is 0 Å². The molecule has 1 heterocycles. The molecule has 0 aliphatic carbocycles. The van der Waals surface area contributed by atoms with Crippen LogP contribution in [0.15, 0.2) is 18.2 Å². The molecule has 0 saturated carbocycles. The quantitative estimate of drug-likeness (QED) is 0.673. The number of hydrogen-bond donors (Lipinski definition) is 0. The summed E-state index contributed by atoms with van der Waals surface area (Å²) in [5.74, 6) is -1.38. The summed E-state index contributed by atoms with van der Waals surface area (Å²) in [6.07, 6.45) is 0.602. The maximum absolute atomic E-state index is 13.3. The second kappa shape index (κ2) is 3.38. The van der Waals surface area contributed by atoms with Crippen LogP contribution < -0.4 is 0 Å². The zero-order chi connectivity index (χ0) is 11.0. The van der Waals surface area contributed by atoms with Crippen molar-refractivity contribution in [2.45, 2.75) is 6.92 Å². The van der Waals surface area contributed by atoms with Gasteiger partial charge in [0.25, 0.3) is 0 Å². The van der Waals surface area contributed by atoms with Gasteiger partial charge in [-0.15, -0.1) is 0 Å². The fourth-order valence-electron chi connectivity index (χ4n) is 1.43. The van der Waals surface area contributed by atoms with Gasteiger partial charge < -0.3 is 0 Å². The van der Waals surface area contributed by atoms with E-state index in [2.05, 4.69) is 4.98 Å². The molecule has 0 spiro atoms. The van der Waals surface area contributed by atoms with Gasteiger partial charge in [-0.2, -0.15) is 0 Å². The molecule has 2 rings (SSSR count). The molecule has 0 amide bonds. The van der Waals surface area contributed by atoms with E-state index in [4.69, 9.17) is 0 Å². The van der Waals surface area contributed by atoms with Gasteiger partial charge in [0.05, 0.1) is 5.52 Å². The van der Waals surface area contributed by atoms with Crippen molar-refractivity contribution in [2.24, 2.45) is 0 Å². The van der Waals surface area contributed by atoms with Gasteiger partial charge in [-0.05, 0) is 13.0 Å². The summed E-state index contributed by atoms with van der Waals surface area (Å²) in [4.78, 5) is 14.6. The zero-order valence-corrected chi connectivity index (χ0v) is 7.92. The molecule has 76 valence electrons. The van der Waals surface area contributed by atoms with E-state index in [0.717, 1.165) is 12.1 Å². The van der Waals surface area contributed by atoms with Crippen molar-refractivity contribution in [1.29, 1.82) is 0 Å². The van der Waals surface area contributed by atoms with E-state index in [9.17, 15) is 13.6 Å². The molecule has 0 radical (unpaired) electrons. The Hall–Kier alpha value is -1.84. The minimum atomic E-state index is -0.708. The molecule has 2 aromatic rings. The molecular formula is C11H7F2NO. The van der Waals surface area contributed by atoms with E-state index in [0.29, 0.717) is 17.5 Å². The molecule has 1 aromatic carbocycles. The number of nitrogens with zero attached hydrogens (tertiary/aromatic N) is 1. The lowest BCUT2D eigenvalue weighted by atomic mass is 10.1. The molecule has 2 nitrogen and oxygen atoms in total. The lowest BCUT2D eigenvalue weighted by molar-refractivity contribution is 0.112. The Labute approximate surface area is 84.6 Å². The Morgan fingerprint density at radius 2 is 2.00 bits per heavy atom. The minimum Gasteiger partial charge on any atom is -0.298 e. The maximum atomic E-state index is 13.3. The molecule has 4 heteroatoms. The van der Waals surface area contributed by atoms with E-state index in [-0.39, 0.29) is 10.9 Å². The van der Waals surface area contributed by atoms with Crippen LogP contribution in [-0.4, -0.2) is 11.3 Å². The second-order valence-corrected chi connectivity index (χ2v) is 3.24. The smallest absolute Gasteiger partial charge is 0.151 e. The molecule has 0 fully saturated rings. The minimum absolute atomic E-state index is 0.157. The molecule has 0 aliphatic rings. The normalized spacial score (nSPS) is 10.6. The summed E-state index contributed by atoms with van der Waals surface area (Å²) in [6.45, 7) is 1.62. The first-order valence-electron chi connectivity index (χ1n) is 4.33. The Kier molecular flexibility index (Phi) is 2.19. The van der Waals surface area contributed by atoms with Crippen LogP contribution in [-0.2, 0) is 0 Å². The number of halogens is 2. The zero-order valence-electron chi connectivity index (χ0n) is 7.92. The van der Waals surface area contributed by atoms with Gasteiger partial charge >= 0.3 is 0 Å². The van der Waals surface area contributed by atoms with Gasteiger partial charge in [-0.25, -0.2) is 8.78 Å². The van der Waals surface area contributed by atoms with Gasteiger partial charge in [-0.1, -0.05) is 0 Å². The number of carbonyl (C=O) groups excluding carboxylic acids is 1. The first-order chi connectivity index (χ1) is 7.11. The molecule has 0 saturated heterocycles. The predicted octanol–water partition coefficient (Wildman–Crippen LogP) is 2.63. The Morgan fingerprint density at radius 1 is 1.27 bits per heavy atom. The predicted molar refractivity (Wildman–Crippen MR) is 51.8 cm³/mol. The van der Waals surface area contributed by atoms with Crippen molar-refractivity contribution in [3.8, 4) is 0 Å². The van der Waals surface area contributed by atoms with Crippen molar-refractivity contribution in [3.63, 3.8) is 0 Å². The first-order valence-corrected chi connectivity index (χ1v) is 4.33. The van der Waals surface area contributed by atoms with Crippen LogP contribution in [0.5, 0.6) is 0 Å². The maximum Gasteiger partial charge on any atom is 0.151 e. The fraction of sp³-hybridized carbons (Fsp3) is 0.0909. The number of aldehydes is 1. The number of aryl methyl sites for hydroxylation is 1. The fourth-order valence-corrected chi connectivity index (χ4v) is 1.43. The molecule has 0 unspecified atom stereocenters. The van der Waals surface area contributed by atoms with Crippen LogP contribution >= 0.6 is 0 Å². The molecular weight excluding hydrogens is 200 g/mol. The molecule has 1 aromatic heterocycles. The molecule has 0 aliphatic heterocycles. The number of rotatable bonds is 1. The van der Waals surface area contributed by atoms with Crippen LogP contribution in [0.2, 0.25) is 0 Å². The molecule has 0 bridgehead atoms. The number of fused-ring (bicyclic) bond motifs is 1. The van der Waals surface area contributed by atoms with Crippen LogP contribution in [0.25, 0.3) is 10.9 Å². The summed E-state index contributed by atoms with van der Waals surface area (Å²) in [6, 6.07) is 3.29. The van der Waals surface area contributed by atoms with Crippen molar-refractivity contribution >= 4 is 17.2 Å². The Balaban J connectivity index is 2.87. The lowest BCUT2D eigenvalue weighted by Crippen LogP contribution is -1.94. The van der Waals surface area contributed by atoms with Crippen LogP contribution in [0.3, 0.4) is 0 Å². The number of hydrogen-bond acceptors (Lipinski definition) is 2. The molecule has 0 N–H and O–H groups in total. The number of aromatic nitrogens is 1.